The highest BCUT2D eigenvalue weighted by molar-refractivity contribution is 5.96. The summed E-state index contributed by atoms with van der Waals surface area (Å²) in [5.41, 5.74) is 0. The first-order valence-electron chi connectivity index (χ1n) is 5.54. The highest BCUT2D eigenvalue weighted by atomic mass is 16.5. The summed E-state index contributed by atoms with van der Waals surface area (Å²) in [6.45, 7) is 4.44. The first-order chi connectivity index (χ1) is 8.13. The van der Waals surface area contributed by atoms with E-state index in [1.54, 1.807) is 14.0 Å². The quantitative estimate of drug-likeness (QED) is 0.765. The standard InChI is InChI=1S/C10H16N4O3/c1-6-8(11-3)9(15)14(4-5-16-6)10-12-7(2)17-13-10/h6,8,11H,4-5H2,1-3H3. The van der Waals surface area contributed by atoms with Crippen molar-refractivity contribution in [1.29, 1.82) is 0 Å². The molecule has 1 aliphatic rings. The van der Waals surface area contributed by atoms with E-state index < -0.39 is 6.04 Å². The van der Waals surface area contributed by atoms with Crippen molar-refractivity contribution < 1.29 is 14.1 Å². The number of aryl methyl sites for hydroxylation is 1. The Kier molecular flexibility index (Phi) is 3.39. The third-order valence-corrected chi connectivity index (χ3v) is 2.77. The van der Waals surface area contributed by atoms with Crippen LogP contribution in [0.1, 0.15) is 12.8 Å². The lowest BCUT2D eigenvalue weighted by molar-refractivity contribution is -0.122. The van der Waals surface area contributed by atoms with Crippen LogP contribution in [0.25, 0.3) is 0 Å². The summed E-state index contributed by atoms with van der Waals surface area (Å²) in [6.07, 6.45) is -0.175. The van der Waals surface area contributed by atoms with Crippen molar-refractivity contribution in [2.45, 2.75) is 26.0 Å². The largest absolute Gasteiger partial charge is 0.374 e. The molecule has 2 rings (SSSR count). The van der Waals surface area contributed by atoms with Gasteiger partial charge in [0.15, 0.2) is 0 Å². The highest BCUT2D eigenvalue weighted by Gasteiger charge is 2.34. The van der Waals surface area contributed by atoms with Gasteiger partial charge in [-0.2, -0.15) is 4.98 Å². The van der Waals surface area contributed by atoms with Gasteiger partial charge in [0.05, 0.1) is 19.3 Å². The summed E-state index contributed by atoms with van der Waals surface area (Å²) in [5.74, 6) is 0.635. The van der Waals surface area contributed by atoms with E-state index >= 15 is 0 Å². The van der Waals surface area contributed by atoms with E-state index in [1.807, 2.05) is 6.92 Å². The van der Waals surface area contributed by atoms with Crippen LogP contribution in [0.5, 0.6) is 0 Å². The van der Waals surface area contributed by atoms with E-state index in [2.05, 4.69) is 15.5 Å². The lowest BCUT2D eigenvalue weighted by Gasteiger charge is -2.22. The molecule has 1 fully saturated rings. The van der Waals surface area contributed by atoms with Gasteiger partial charge in [-0.05, 0) is 19.1 Å². The predicted molar refractivity (Wildman–Crippen MR) is 59.6 cm³/mol. The maximum Gasteiger partial charge on any atom is 0.272 e. The first kappa shape index (κ1) is 12.0. The predicted octanol–water partition coefficient (Wildman–Crippen LogP) is -0.282. The number of hydrogen-bond acceptors (Lipinski definition) is 6. The van der Waals surface area contributed by atoms with Gasteiger partial charge in [-0.1, -0.05) is 0 Å². The van der Waals surface area contributed by atoms with Gasteiger partial charge in [-0.25, -0.2) is 0 Å². The zero-order chi connectivity index (χ0) is 12.4. The van der Waals surface area contributed by atoms with Gasteiger partial charge in [0.25, 0.3) is 5.95 Å². The second kappa shape index (κ2) is 4.80. The van der Waals surface area contributed by atoms with Crippen molar-refractivity contribution in [1.82, 2.24) is 15.5 Å². The minimum Gasteiger partial charge on any atom is -0.374 e. The number of ether oxygens (including phenoxy) is 1. The summed E-state index contributed by atoms with van der Waals surface area (Å²) in [6, 6.07) is -0.392. The Balaban J connectivity index is 2.25. The van der Waals surface area contributed by atoms with Crippen molar-refractivity contribution in [2.24, 2.45) is 0 Å². The molecular weight excluding hydrogens is 224 g/mol. The third kappa shape index (κ3) is 2.29. The average molecular weight is 240 g/mol. The Morgan fingerprint density at radius 2 is 2.29 bits per heavy atom. The summed E-state index contributed by atoms with van der Waals surface area (Å²) >= 11 is 0. The number of amides is 1. The molecule has 2 heterocycles. The van der Waals surface area contributed by atoms with Crippen molar-refractivity contribution >= 4 is 11.9 Å². The number of nitrogens with one attached hydrogen (secondary N) is 1. The minimum atomic E-state index is -0.392. The number of carbonyl (C=O) groups is 1. The van der Waals surface area contributed by atoms with Crippen LogP contribution in [-0.4, -0.2) is 48.4 Å². The highest BCUT2D eigenvalue weighted by Crippen LogP contribution is 2.15. The summed E-state index contributed by atoms with van der Waals surface area (Å²) in [5, 5.41) is 6.71. The van der Waals surface area contributed by atoms with Gasteiger partial charge in [-0.15, -0.1) is 0 Å². The van der Waals surface area contributed by atoms with Gasteiger partial charge in [0.2, 0.25) is 11.8 Å². The maximum absolute atomic E-state index is 12.3. The molecule has 0 radical (unpaired) electrons. The number of nitrogens with zero attached hydrogens (tertiary/aromatic N) is 3. The van der Waals surface area contributed by atoms with Crippen LogP contribution in [-0.2, 0) is 9.53 Å². The maximum atomic E-state index is 12.3. The SMILES string of the molecule is CNC1C(=O)N(c2noc(C)n2)CCOC1C. The number of anilines is 1. The van der Waals surface area contributed by atoms with E-state index in [9.17, 15) is 4.79 Å². The molecule has 1 N–H and O–H groups in total. The number of hydrogen-bond donors (Lipinski definition) is 1. The van der Waals surface area contributed by atoms with E-state index in [0.717, 1.165) is 0 Å². The van der Waals surface area contributed by atoms with Crippen molar-refractivity contribution in [2.75, 3.05) is 25.1 Å². The Bertz CT molecular complexity index is 406. The second-order valence-corrected chi connectivity index (χ2v) is 3.95. The lowest BCUT2D eigenvalue weighted by Crippen LogP contribution is -2.49. The fourth-order valence-electron chi connectivity index (χ4n) is 1.86. The molecule has 0 saturated carbocycles. The van der Waals surface area contributed by atoms with Gasteiger partial charge < -0.3 is 14.6 Å². The normalized spacial score (nSPS) is 26.1. The molecule has 1 saturated heterocycles. The van der Waals surface area contributed by atoms with Crippen molar-refractivity contribution in [3.8, 4) is 0 Å². The Morgan fingerprint density at radius 3 is 2.88 bits per heavy atom. The van der Waals surface area contributed by atoms with Crippen LogP contribution in [0.2, 0.25) is 0 Å². The number of carbonyl (C=O) groups excluding carboxylic acids is 1. The van der Waals surface area contributed by atoms with Gasteiger partial charge in [0, 0.05) is 6.92 Å². The molecule has 17 heavy (non-hydrogen) atoms. The second-order valence-electron chi connectivity index (χ2n) is 3.95. The Morgan fingerprint density at radius 1 is 1.53 bits per heavy atom. The fourth-order valence-corrected chi connectivity index (χ4v) is 1.86. The zero-order valence-electron chi connectivity index (χ0n) is 10.1. The van der Waals surface area contributed by atoms with E-state index in [4.69, 9.17) is 9.26 Å². The molecule has 2 atom stereocenters. The lowest BCUT2D eigenvalue weighted by atomic mass is 10.1. The molecule has 94 valence electrons. The summed E-state index contributed by atoms with van der Waals surface area (Å²) < 4.78 is 10.4. The van der Waals surface area contributed by atoms with E-state index in [0.29, 0.717) is 25.0 Å². The molecule has 0 spiro atoms. The smallest absolute Gasteiger partial charge is 0.272 e. The molecule has 1 aromatic rings. The van der Waals surface area contributed by atoms with Crippen molar-refractivity contribution in [3.05, 3.63) is 5.89 Å². The van der Waals surface area contributed by atoms with Crippen LogP contribution in [0.15, 0.2) is 4.52 Å². The van der Waals surface area contributed by atoms with Crippen molar-refractivity contribution in [3.63, 3.8) is 0 Å². The first-order valence-corrected chi connectivity index (χ1v) is 5.54. The van der Waals surface area contributed by atoms with Gasteiger partial charge >= 0.3 is 0 Å². The Hall–Kier alpha value is -1.47. The third-order valence-electron chi connectivity index (χ3n) is 2.77. The number of rotatable bonds is 2. The minimum absolute atomic E-state index is 0.0988. The van der Waals surface area contributed by atoms with Crippen LogP contribution in [0.4, 0.5) is 5.95 Å². The molecule has 1 aliphatic heterocycles. The number of likely N-dealkylation sites (N-methyl/N-ethyl adjacent to an activating group) is 1. The molecular formula is C10H16N4O3. The van der Waals surface area contributed by atoms with Crippen LogP contribution >= 0.6 is 0 Å². The van der Waals surface area contributed by atoms with E-state index in [1.165, 1.54) is 4.90 Å². The summed E-state index contributed by atoms with van der Waals surface area (Å²) in [7, 11) is 1.73. The topological polar surface area (TPSA) is 80.5 Å². The fraction of sp³-hybridized carbons (Fsp3) is 0.700. The van der Waals surface area contributed by atoms with Crippen LogP contribution in [0, 0.1) is 6.92 Å². The molecule has 7 nitrogen and oxygen atoms in total. The molecule has 0 aliphatic carbocycles. The molecule has 0 bridgehead atoms. The molecule has 2 unspecified atom stereocenters. The number of aromatic nitrogens is 2. The zero-order valence-corrected chi connectivity index (χ0v) is 10.1. The molecule has 1 aromatic heterocycles. The Labute approximate surface area is 99.1 Å². The molecule has 0 aromatic carbocycles. The molecule has 7 heteroatoms. The monoisotopic (exact) mass is 240 g/mol. The summed E-state index contributed by atoms with van der Waals surface area (Å²) in [4.78, 5) is 17.8. The van der Waals surface area contributed by atoms with Gasteiger partial charge in [0.1, 0.15) is 6.04 Å². The van der Waals surface area contributed by atoms with Crippen LogP contribution in [0.3, 0.4) is 0 Å². The average Bonchev–Trinajstić information content (AvgIpc) is 2.65. The van der Waals surface area contributed by atoms with E-state index in [-0.39, 0.29) is 12.0 Å². The van der Waals surface area contributed by atoms with Crippen LogP contribution < -0.4 is 10.2 Å². The van der Waals surface area contributed by atoms with Gasteiger partial charge in [-0.3, -0.25) is 9.69 Å². The molecule has 1 amide bonds.